The minimum Gasteiger partial charge on any atom is -0.192 e. The third kappa shape index (κ3) is 0.962. The van der Waals surface area contributed by atoms with E-state index < -0.39 is 0 Å². The first-order valence-corrected chi connectivity index (χ1v) is 3.58. The second-order valence-electron chi connectivity index (χ2n) is 1.94. The number of hydrogen-bond donors (Lipinski definition) is 0. The summed E-state index contributed by atoms with van der Waals surface area (Å²) in [4.78, 5) is 1.24. The Kier molecular flexibility index (Phi) is 1.54. The lowest BCUT2D eigenvalue weighted by molar-refractivity contribution is 1.39. The maximum absolute atomic E-state index is 8.49. The van der Waals surface area contributed by atoms with Crippen LogP contribution in [-0.4, -0.2) is 0 Å². The summed E-state index contributed by atoms with van der Waals surface area (Å²) in [6, 6.07) is 2.13. The fourth-order valence-electron chi connectivity index (χ4n) is 0.624. The van der Waals surface area contributed by atoms with Gasteiger partial charge in [-0.3, -0.25) is 0 Å². The summed E-state index contributed by atoms with van der Waals surface area (Å²) in [7, 11) is 0. The molecule has 0 spiro atoms. The molecule has 0 bridgehead atoms. The molecule has 46 valence electrons. The van der Waals surface area contributed by atoms with Gasteiger partial charge in [-0.25, -0.2) is 0 Å². The highest BCUT2D eigenvalue weighted by molar-refractivity contribution is 7.10. The van der Waals surface area contributed by atoms with Crippen molar-refractivity contribution in [1.82, 2.24) is 0 Å². The summed E-state index contributed by atoms with van der Waals surface area (Å²) in [5.74, 6) is 0. The van der Waals surface area contributed by atoms with E-state index in [1.165, 1.54) is 4.88 Å². The molecule has 0 aromatic carbocycles. The molecule has 0 amide bonds. The topological polar surface area (TPSA) is 23.8 Å². The number of rotatable bonds is 0. The van der Waals surface area contributed by atoms with E-state index in [9.17, 15) is 0 Å². The molecule has 1 aromatic heterocycles. The van der Waals surface area contributed by atoms with Gasteiger partial charge in [0.25, 0.3) is 0 Å². The van der Waals surface area contributed by atoms with Crippen LogP contribution in [-0.2, 0) is 0 Å². The van der Waals surface area contributed by atoms with Crippen LogP contribution in [0.15, 0.2) is 5.38 Å². The third-order valence-electron chi connectivity index (χ3n) is 1.41. The molecule has 0 aliphatic carbocycles. The number of nitriles is 1. The van der Waals surface area contributed by atoms with Gasteiger partial charge in [-0.2, -0.15) is 5.26 Å². The summed E-state index contributed by atoms with van der Waals surface area (Å²) < 4.78 is 0. The Morgan fingerprint density at radius 2 is 2.22 bits per heavy atom. The number of aryl methyl sites for hydroxylation is 1. The SMILES string of the molecule is Cc1scc(C#N)c1C. The first-order chi connectivity index (χ1) is 4.25. The van der Waals surface area contributed by atoms with E-state index in [0.717, 1.165) is 11.1 Å². The molecule has 0 aliphatic heterocycles. The summed E-state index contributed by atoms with van der Waals surface area (Å²) >= 11 is 1.63. The third-order valence-corrected chi connectivity index (χ3v) is 2.42. The molecule has 1 rings (SSSR count). The maximum atomic E-state index is 8.49. The molecule has 0 N–H and O–H groups in total. The molecule has 2 heteroatoms. The normalized spacial score (nSPS) is 9.00. The van der Waals surface area contributed by atoms with Gasteiger partial charge < -0.3 is 0 Å². The van der Waals surface area contributed by atoms with Gasteiger partial charge in [0.2, 0.25) is 0 Å². The van der Waals surface area contributed by atoms with E-state index in [-0.39, 0.29) is 0 Å². The predicted octanol–water partition coefficient (Wildman–Crippen LogP) is 2.24. The molecule has 0 aliphatic rings. The predicted molar refractivity (Wildman–Crippen MR) is 38.5 cm³/mol. The largest absolute Gasteiger partial charge is 0.192 e. The van der Waals surface area contributed by atoms with E-state index in [4.69, 9.17) is 5.26 Å². The van der Waals surface area contributed by atoms with Crippen LogP contribution in [0, 0.1) is 25.2 Å². The van der Waals surface area contributed by atoms with Crippen molar-refractivity contribution in [2.45, 2.75) is 13.8 Å². The van der Waals surface area contributed by atoms with Crippen molar-refractivity contribution < 1.29 is 0 Å². The number of hydrogen-bond acceptors (Lipinski definition) is 2. The standard InChI is InChI=1S/C7H7NS/c1-5-6(2)9-4-7(5)3-8/h4H,1-2H3. The fraction of sp³-hybridized carbons (Fsp3) is 0.286. The van der Waals surface area contributed by atoms with Crippen LogP contribution in [0.5, 0.6) is 0 Å². The lowest BCUT2D eigenvalue weighted by Gasteiger charge is -1.84. The van der Waals surface area contributed by atoms with Crippen LogP contribution in [0.2, 0.25) is 0 Å². The van der Waals surface area contributed by atoms with Crippen LogP contribution in [0.25, 0.3) is 0 Å². The summed E-state index contributed by atoms with van der Waals surface area (Å²) in [6.07, 6.45) is 0. The highest BCUT2D eigenvalue weighted by Crippen LogP contribution is 2.18. The van der Waals surface area contributed by atoms with Crippen molar-refractivity contribution in [3.05, 3.63) is 21.4 Å². The van der Waals surface area contributed by atoms with Crippen molar-refractivity contribution in [2.24, 2.45) is 0 Å². The minimum absolute atomic E-state index is 0.817. The molecule has 1 aromatic rings. The van der Waals surface area contributed by atoms with Gasteiger partial charge in [-0.05, 0) is 19.4 Å². The Morgan fingerprint density at radius 3 is 2.44 bits per heavy atom. The Hall–Kier alpha value is -0.810. The van der Waals surface area contributed by atoms with Gasteiger partial charge in [-0.15, -0.1) is 11.3 Å². The molecule has 0 unspecified atom stereocenters. The molecule has 0 saturated heterocycles. The maximum Gasteiger partial charge on any atom is 0.100 e. The van der Waals surface area contributed by atoms with Gasteiger partial charge in [0, 0.05) is 10.3 Å². The van der Waals surface area contributed by atoms with E-state index in [0.29, 0.717) is 0 Å². The van der Waals surface area contributed by atoms with E-state index in [1.807, 2.05) is 19.2 Å². The highest BCUT2D eigenvalue weighted by Gasteiger charge is 2.00. The first kappa shape index (κ1) is 6.31. The Balaban J connectivity index is 3.24. The summed E-state index contributed by atoms with van der Waals surface area (Å²) in [6.45, 7) is 4.01. The average Bonchev–Trinajstić information content (AvgIpc) is 2.15. The van der Waals surface area contributed by atoms with E-state index in [1.54, 1.807) is 11.3 Å². The van der Waals surface area contributed by atoms with E-state index in [2.05, 4.69) is 6.07 Å². The molecule has 1 nitrogen and oxygen atoms in total. The zero-order valence-electron chi connectivity index (χ0n) is 5.43. The molecule has 9 heavy (non-hydrogen) atoms. The second kappa shape index (κ2) is 2.20. The van der Waals surface area contributed by atoms with Crippen molar-refractivity contribution in [1.29, 1.82) is 5.26 Å². The molecular formula is C7H7NS. The first-order valence-electron chi connectivity index (χ1n) is 2.70. The Morgan fingerprint density at radius 1 is 1.56 bits per heavy atom. The number of nitrogens with zero attached hydrogens (tertiary/aromatic N) is 1. The molecular weight excluding hydrogens is 130 g/mol. The van der Waals surface area contributed by atoms with Crippen molar-refractivity contribution >= 4 is 11.3 Å². The van der Waals surface area contributed by atoms with Crippen LogP contribution in [0.1, 0.15) is 16.0 Å². The average molecular weight is 137 g/mol. The minimum atomic E-state index is 0.817. The molecule has 0 saturated carbocycles. The molecule has 1 heterocycles. The Bertz CT molecular complexity index is 254. The van der Waals surface area contributed by atoms with Crippen LogP contribution in [0.3, 0.4) is 0 Å². The summed E-state index contributed by atoms with van der Waals surface area (Å²) in [5.41, 5.74) is 1.94. The monoisotopic (exact) mass is 137 g/mol. The fourth-order valence-corrected chi connectivity index (χ4v) is 1.43. The highest BCUT2D eigenvalue weighted by atomic mass is 32.1. The molecule has 0 atom stereocenters. The lowest BCUT2D eigenvalue weighted by atomic mass is 10.2. The van der Waals surface area contributed by atoms with Crippen LogP contribution >= 0.6 is 11.3 Å². The quantitative estimate of drug-likeness (QED) is 0.538. The second-order valence-corrected chi connectivity index (χ2v) is 3.03. The molecule has 0 fully saturated rings. The summed E-state index contributed by atoms with van der Waals surface area (Å²) in [5, 5.41) is 10.4. The lowest BCUT2D eigenvalue weighted by Crippen LogP contribution is -1.72. The van der Waals surface area contributed by atoms with Crippen LogP contribution < -0.4 is 0 Å². The van der Waals surface area contributed by atoms with Crippen molar-refractivity contribution in [3.63, 3.8) is 0 Å². The van der Waals surface area contributed by atoms with Gasteiger partial charge in [0.15, 0.2) is 0 Å². The van der Waals surface area contributed by atoms with E-state index >= 15 is 0 Å². The van der Waals surface area contributed by atoms with Gasteiger partial charge in [0.1, 0.15) is 6.07 Å². The van der Waals surface area contributed by atoms with Gasteiger partial charge >= 0.3 is 0 Å². The van der Waals surface area contributed by atoms with Crippen LogP contribution in [0.4, 0.5) is 0 Å². The molecule has 0 radical (unpaired) electrons. The van der Waals surface area contributed by atoms with Crippen molar-refractivity contribution in [3.8, 4) is 6.07 Å². The zero-order chi connectivity index (χ0) is 6.85. The zero-order valence-corrected chi connectivity index (χ0v) is 6.25. The Labute approximate surface area is 58.6 Å². The van der Waals surface area contributed by atoms with Gasteiger partial charge in [0.05, 0.1) is 5.56 Å². The smallest absolute Gasteiger partial charge is 0.100 e. The van der Waals surface area contributed by atoms with Crippen molar-refractivity contribution in [2.75, 3.05) is 0 Å². The van der Waals surface area contributed by atoms with Gasteiger partial charge in [-0.1, -0.05) is 0 Å². The number of thiophene rings is 1.